The van der Waals surface area contributed by atoms with Crippen LogP contribution in [0.4, 0.5) is 18.9 Å². The lowest BCUT2D eigenvalue weighted by Gasteiger charge is -2.18. The number of amides is 2. The van der Waals surface area contributed by atoms with Crippen LogP contribution in [0.15, 0.2) is 48.5 Å². The fourth-order valence-corrected chi connectivity index (χ4v) is 3.59. The van der Waals surface area contributed by atoms with E-state index in [1.54, 1.807) is 11.6 Å². The van der Waals surface area contributed by atoms with Crippen molar-refractivity contribution in [1.82, 2.24) is 14.7 Å². The molecule has 2 aromatic carbocycles. The van der Waals surface area contributed by atoms with Crippen molar-refractivity contribution in [3.05, 3.63) is 76.1 Å². The molecule has 0 unspecified atom stereocenters. The molecule has 33 heavy (non-hydrogen) atoms. The monoisotopic (exact) mass is 478 g/mol. The van der Waals surface area contributed by atoms with Crippen molar-refractivity contribution in [2.45, 2.75) is 26.4 Å². The summed E-state index contributed by atoms with van der Waals surface area (Å²) in [4.78, 5) is 26.3. The Kier molecular flexibility index (Phi) is 7.12. The quantitative estimate of drug-likeness (QED) is 0.553. The first-order valence-electron chi connectivity index (χ1n) is 9.98. The Morgan fingerprint density at radius 1 is 1.12 bits per heavy atom. The highest BCUT2D eigenvalue weighted by molar-refractivity contribution is 6.31. The number of aromatic nitrogens is 2. The van der Waals surface area contributed by atoms with E-state index in [9.17, 15) is 22.8 Å². The number of para-hydroxylation sites is 1. The minimum Gasteiger partial charge on any atom is -0.336 e. The highest BCUT2D eigenvalue weighted by atomic mass is 35.5. The fraction of sp³-hybridized carbons (Fsp3) is 0.261. The summed E-state index contributed by atoms with van der Waals surface area (Å²) >= 11 is 5.59. The number of aryl methyl sites for hydroxylation is 1. The van der Waals surface area contributed by atoms with Crippen molar-refractivity contribution in [1.29, 1.82) is 0 Å². The van der Waals surface area contributed by atoms with Crippen molar-refractivity contribution in [2.24, 2.45) is 0 Å². The van der Waals surface area contributed by atoms with Gasteiger partial charge in [0, 0.05) is 24.0 Å². The Bertz CT molecular complexity index is 1180. The van der Waals surface area contributed by atoms with Crippen LogP contribution in [0.2, 0.25) is 5.02 Å². The second-order valence-corrected chi connectivity index (χ2v) is 7.97. The number of halogens is 4. The maximum Gasteiger partial charge on any atom is 0.417 e. The summed E-state index contributed by atoms with van der Waals surface area (Å²) < 4.78 is 40.8. The smallest absolute Gasteiger partial charge is 0.336 e. The molecule has 0 aliphatic rings. The van der Waals surface area contributed by atoms with Crippen LogP contribution in [0.5, 0.6) is 0 Å². The van der Waals surface area contributed by atoms with Crippen LogP contribution in [0.1, 0.15) is 22.5 Å². The summed E-state index contributed by atoms with van der Waals surface area (Å²) in [6.07, 6.45) is -4.61. The summed E-state index contributed by atoms with van der Waals surface area (Å²) in [5.41, 5.74) is 2.02. The molecule has 1 heterocycles. The minimum atomic E-state index is -4.65. The number of likely N-dealkylation sites (N-methyl/N-ethyl adjacent to an activating group) is 1. The summed E-state index contributed by atoms with van der Waals surface area (Å²) in [7, 11) is 1.46. The third kappa shape index (κ3) is 5.73. The van der Waals surface area contributed by atoms with E-state index in [-0.39, 0.29) is 24.6 Å². The summed E-state index contributed by atoms with van der Waals surface area (Å²) in [5, 5.41) is 6.42. The Hall–Kier alpha value is -3.33. The van der Waals surface area contributed by atoms with Crippen LogP contribution < -0.4 is 5.32 Å². The Morgan fingerprint density at radius 3 is 2.42 bits per heavy atom. The van der Waals surface area contributed by atoms with Crippen molar-refractivity contribution in [2.75, 3.05) is 18.9 Å². The number of benzene rings is 2. The largest absolute Gasteiger partial charge is 0.417 e. The Balaban J connectivity index is 1.66. The van der Waals surface area contributed by atoms with Gasteiger partial charge < -0.3 is 10.2 Å². The molecule has 1 aromatic heterocycles. The number of anilines is 1. The molecule has 0 aliphatic heterocycles. The van der Waals surface area contributed by atoms with Gasteiger partial charge in [0.1, 0.15) is 0 Å². The topological polar surface area (TPSA) is 67.2 Å². The second-order valence-electron chi connectivity index (χ2n) is 7.56. The SMILES string of the molecule is Cc1nn(-c2ccccc2)c(C)c1CC(=O)N(C)CC(=O)Nc1ccc(Cl)c(C(F)(F)F)c1. The lowest BCUT2D eigenvalue weighted by molar-refractivity contribution is -0.137. The number of nitrogens with one attached hydrogen (secondary N) is 1. The molecule has 3 rings (SSSR count). The van der Waals surface area contributed by atoms with Gasteiger partial charge in [0.15, 0.2) is 0 Å². The van der Waals surface area contributed by atoms with Crippen molar-refractivity contribution < 1.29 is 22.8 Å². The van der Waals surface area contributed by atoms with Crippen LogP contribution in [0, 0.1) is 13.8 Å². The maximum atomic E-state index is 13.0. The summed E-state index contributed by atoms with van der Waals surface area (Å²) in [5.74, 6) is -0.953. The van der Waals surface area contributed by atoms with Crippen LogP contribution in [-0.2, 0) is 22.2 Å². The molecule has 1 N–H and O–H groups in total. The highest BCUT2D eigenvalue weighted by Crippen LogP contribution is 2.36. The third-order valence-corrected chi connectivity index (χ3v) is 5.46. The maximum absolute atomic E-state index is 13.0. The fourth-order valence-electron chi connectivity index (χ4n) is 3.36. The Labute approximate surface area is 194 Å². The number of carbonyl (C=O) groups is 2. The molecule has 174 valence electrons. The molecule has 2 amide bonds. The van der Waals surface area contributed by atoms with E-state index in [0.29, 0.717) is 5.69 Å². The van der Waals surface area contributed by atoms with E-state index >= 15 is 0 Å². The summed E-state index contributed by atoms with van der Waals surface area (Å²) in [6, 6.07) is 12.6. The first-order chi connectivity index (χ1) is 15.5. The first-order valence-corrected chi connectivity index (χ1v) is 10.4. The summed E-state index contributed by atoms with van der Waals surface area (Å²) in [6.45, 7) is 3.34. The van der Waals surface area contributed by atoms with E-state index < -0.39 is 22.7 Å². The predicted molar refractivity (Wildman–Crippen MR) is 119 cm³/mol. The molecule has 10 heteroatoms. The molecule has 0 spiro atoms. The average Bonchev–Trinajstić information content (AvgIpc) is 3.03. The molecular formula is C23H22ClF3N4O2. The van der Waals surface area contributed by atoms with Gasteiger partial charge in [0.05, 0.1) is 34.9 Å². The van der Waals surface area contributed by atoms with Gasteiger partial charge in [-0.3, -0.25) is 9.59 Å². The van der Waals surface area contributed by atoms with Gasteiger partial charge in [-0.1, -0.05) is 29.8 Å². The van der Waals surface area contributed by atoms with Gasteiger partial charge in [-0.2, -0.15) is 18.3 Å². The molecule has 0 atom stereocenters. The van der Waals surface area contributed by atoms with Gasteiger partial charge in [-0.05, 0) is 44.2 Å². The average molecular weight is 479 g/mol. The number of carbonyl (C=O) groups excluding carboxylic acids is 2. The number of hydrogen-bond donors (Lipinski definition) is 1. The molecule has 0 radical (unpaired) electrons. The van der Waals surface area contributed by atoms with Crippen LogP contribution >= 0.6 is 11.6 Å². The van der Waals surface area contributed by atoms with Crippen LogP contribution in [0.25, 0.3) is 5.69 Å². The van der Waals surface area contributed by atoms with Crippen molar-refractivity contribution in [3.8, 4) is 5.69 Å². The minimum absolute atomic E-state index is 0.0352. The Morgan fingerprint density at radius 2 is 1.79 bits per heavy atom. The zero-order valence-electron chi connectivity index (χ0n) is 18.2. The molecule has 0 fully saturated rings. The van der Waals surface area contributed by atoms with E-state index in [0.717, 1.165) is 29.1 Å². The molecule has 0 aliphatic carbocycles. The molecule has 6 nitrogen and oxygen atoms in total. The predicted octanol–water partition coefficient (Wildman–Crippen LogP) is 4.80. The van der Waals surface area contributed by atoms with Crippen molar-refractivity contribution in [3.63, 3.8) is 0 Å². The van der Waals surface area contributed by atoms with E-state index in [1.807, 2.05) is 37.3 Å². The zero-order chi connectivity index (χ0) is 24.3. The van der Waals surface area contributed by atoms with Crippen molar-refractivity contribution >= 4 is 29.1 Å². The van der Waals surface area contributed by atoms with E-state index in [1.165, 1.54) is 18.0 Å². The number of hydrogen-bond acceptors (Lipinski definition) is 3. The number of rotatable bonds is 6. The standard InChI is InChI=1S/C23H22ClF3N4O2/c1-14-18(15(2)31(29-14)17-7-5-4-6-8-17)12-22(33)30(3)13-21(32)28-16-9-10-20(24)19(11-16)23(25,26)27/h4-11H,12-13H2,1-3H3,(H,28,32). The molecule has 0 saturated carbocycles. The molecule has 0 saturated heterocycles. The normalized spacial score (nSPS) is 11.4. The van der Waals surface area contributed by atoms with Gasteiger partial charge in [-0.25, -0.2) is 4.68 Å². The number of alkyl halides is 3. The second kappa shape index (κ2) is 9.66. The van der Waals surface area contributed by atoms with E-state index in [4.69, 9.17) is 11.6 Å². The van der Waals surface area contributed by atoms with Crippen LogP contribution in [0.3, 0.4) is 0 Å². The first kappa shape index (κ1) is 24.3. The third-order valence-electron chi connectivity index (χ3n) is 5.13. The van der Waals surface area contributed by atoms with Gasteiger partial charge >= 0.3 is 6.18 Å². The lowest BCUT2D eigenvalue weighted by atomic mass is 10.1. The van der Waals surface area contributed by atoms with Crippen LogP contribution in [-0.4, -0.2) is 40.1 Å². The molecule has 0 bridgehead atoms. The molecular weight excluding hydrogens is 457 g/mol. The highest BCUT2D eigenvalue weighted by Gasteiger charge is 2.33. The molecule has 3 aromatic rings. The van der Waals surface area contributed by atoms with Gasteiger partial charge in [0.2, 0.25) is 11.8 Å². The zero-order valence-corrected chi connectivity index (χ0v) is 19.0. The number of nitrogens with zero attached hydrogens (tertiary/aromatic N) is 3. The van der Waals surface area contributed by atoms with E-state index in [2.05, 4.69) is 10.4 Å². The van der Waals surface area contributed by atoms with Gasteiger partial charge in [-0.15, -0.1) is 0 Å². The van der Waals surface area contributed by atoms with Gasteiger partial charge in [0.25, 0.3) is 0 Å². The lowest BCUT2D eigenvalue weighted by Crippen LogP contribution is -2.36.